The van der Waals surface area contributed by atoms with Gasteiger partial charge >= 0.3 is 12.0 Å². The number of carboxylic acid groups (broad SMARTS) is 1. The molecule has 10 heteroatoms. The number of rotatable bonds is 10. The van der Waals surface area contributed by atoms with Crippen LogP contribution in [0.15, 0.2) is 84.9 Å². The van der Waals surface area contributed by atoms with Crippen LogP contribution in [0.5, 0.6) is 0 Å². The minimum Gasteiger partial charge on any atom is -0.478 e. The zero-order valence-corrected chi connectivity index (χ0v) is 24.3. The molecule has 0 unspecified atom stereocenters. The Morgan fingerprint density at radius 3 is 2.19 bits per heavy atom. The lowest BCUT2D eigenvalue weighted by atomic mass is 10.0. The maximum Gasteiger partial charge on any atom is 0.337 e. The van der Waals surface area contributed by atoms with E-state index in [4.69, 9.17) is 23.2 Å². The molecule has 0 aliphatic heterocycles. The lowest BCUT2D eigenvalue weighted by Crippen LogP contribution is -2.27. The van der Waals surface area contributed by atoms with Crippen LogP contribution in [-0.4, -0.2) is 46.9 Å². The Bertz CT molecular complexity index is 1760. The van der Waals surface area contributed by atoms with Gasteiger partial charge in [0.05, 0.1) is 22.3 Å². The summed E-state index contributed by atoms with van der Waals surface area (Å²) in [5, 5.41) is 20.5. The molecule has 0 fully saturated rings. The lowest BCUT2D eigenvalue weighted by molar-refractivity contribution is 0.0699. The van der Waals surface area contributed by atoms with E-state index in [9.17, 15) is 14.7 Å². The van der Waals surface area contributed by atoms with E-state index in [-0.39, 0.29) is 11.6 Å². The minimum absolute atomic E-state index is 0.128. The summed E-state index contributed by atoms with van der Waals surface area (Å²) < 4.78 is 0. The number of aryl methyl sites for hydroxylation is 1. The second kappa shape index (κ2) is 13.0. The Morgan fingerprint density at radius 1 is 0.810 bits per heavy atom. The number of alkyl halides is 2. The van der Waals surface area contributed by atoms with E-state index in [0.717, 1.165) is 28.0 Å². The highest BCUT2D eigenvalue weighted by atomic mass is 35.5. The van der Waals surface area contributed by atoms with Gasteiger partial charge in [0.25, 0.3) is 0 Å². The summed E-state index contributed by atoms with van der Waals surface area (Å²) in [5.41, 5.74) is 5.80. The number of amides is 2. The minimum atomic E-state index is -1.04. The normalized spacial score (nSPS) is 10.9. The number of urea groups is 1. The van der Waals surface area contributed by atoms with E-state index in [1.807, 2.05) is 79.7 Å². The number of carboxylic acids is 1. The molecule has 0 aliphatic carbocycles. The Labute approximate surface area is 253 Å². The zero-order valence-electron chi connectivity index (χ0n) is 22.8. The SMILES string of the molecule is Cc1cc(NC(=O)Nc2ccc(N(CCCl)CCCl)cc2)cc(Nc2c3ccccc3nc3c(C(=O)O)cccc23)c1. The van der Waals surface area contributed by atoms with Gasteiger partial charge in [-0.15, -0.1) is 23.2 Å². The molecular weight excluding hydrogens is 573 g/mol. The van der Waals surface area contributed by atoms with Crippen molar-refractivity contribution in [1.82, 2.24) is 4.98 Å². The monoisotopic (exact) mass is 601 g/mol. The van der Waals surface area contributed by atoms with Crippen molar-refractivity contribution in [3.63, 3.8) is 0 Å². The third kappa shape index (κ3) is 6.51. The predicted molar refractivity (Wildman–Crippen MR) is 173 cm³/mol. The van der Waals surface area contributed by atoms with Gasteiger partial charge in [0.1, 0.15) is 0 Å². The van der Waals surface area contributed by atoms with Gasteiger partial charge in [0.2, 0.25) is 0 Å². The average Bonchev–Trinajstić information content (AvgIpc) is 2.96. The van der Waals surface area contributed by atoms with Crippen molar-refractivity contribution in [3.05, 3.63) is 96.1 Å². The van der Waals surface area contributed by atoms with Crippen molar-refractivity contribution in [2.45, 2.75) is 6.92 Å². The van der Waals surface area contributed by atoms with Crippen LogP contribution in [-0.2, 0) is 0 Å². The summed E-state index contributed by atoms with van der Waals surface area (Å²) in [6, 6.07) is 25.4. The number of benzene rings is 4. The van der Waals surface area contributed by atoms with Crippen LogP contribution in [0.4, 0.5) is 33.2 Å². The molecule has 214 valence electrons. The molecule has 2 amide bonds. The number of anilines is 5. The van der Waals surface area contributed by atoms with E-state index in [1.165, 1.54) is 0 Å². The fourth-order valence-electron chi connectivity index (χ4n) is 4.92. The van der Waals surface area contributed by atoms with Crippen LogP contribution < -0.4 is 20.9 Å². The maximum absolute atomic E-state index is 12.9. The molecular formula is C32H29Cl2N5O3. The summed E-state index contributed by atoms with van der Waals surface area (Å²) in [6.07, 6.45) is 0. The Hall–Kier alpha value is -4.53. The number of fused-ring (bicyclic) bond motifs is 2. The van der Waals surface area contributed by atoms with Crippen LogP contribution in [0.1, 0.15) is 15.9 Å². The third-order valence-corrected chi connectivity index (χ3v) is 7.08. The van der Waals surface area contributed by atoms with Gasteiger partial charge in [0, 0.05) is 58.4 Å². The van der Waals surface area contributed by atoms with Gasteiger partial charge in [0.15, 0.2) is 0 Å². The molecule has 0 saturated heterocycles. The Balaban J connectivity index is 1.38. The molecule has 0 spiro atoms. The number of carbonyl (C=O) groups is 2. The highest BCUT2D eigenvalue weighted by Crippen LogP contribution is 2.35. The molecule has 42 heavy (non-hydrogen) atoms. The van der Waals surface area contributed by atoms with Crippen LogP contribution >= 0.6 is 23.2 Å². The highest BCUT2D eigenvalue weighted by molar-refractivity contribution is 6.18. The number of nitrogens with one attached hydrogen (secondary N) is 3. The summed E-state index contributed by atoms with van der Waals surface area (Å²) in [4.78, 5) is 31.5. The molecule has 1 aromatic heterocycles. The van der Waals surface area contributed by atoms with Crippen LogP contribution in [0.3, 0.4) is 0 Å². The largest absolute Gasteiger partial charge is 0.478 e. The van der Waals surface area contributed by atoms with Crippen molar-refractivity contribution in [2.75, 3.05) is 45.7 Å². The average molecular weight is 603 g/mol. The molecule has 0 bridgehead atoms. The van der Waals surface area contributed by atoms with Crippen molar-refractivity contribution < 1.29 is 14.7 Å². The second-order valence-corrected chi connectivity index (χ2v) is 10.5. The summed E-state index contributed by atoms with van der Waals surface area (Å²) in [6.45, 7) is 3.29. The van der Waals surface area contributed by atoms with Crippen LogP contribution in [0, 0.1) is 6.92 Å². The fraction of sp³-hybridized carbons (Fsp3) is 0.156. The molecule has 5 aromatic rings. The smallest absolute Gasteiger partial charge is 0.337 e. The number of aromatic nitrogens is 1. The molecule has 0 saturated carbocycles. The standard InChI is InChI=1S/C32H29Cl2N5O3/c1-20-17-22(35-29-25-5-2-3-8-28(25)38-30-26(29)6-4-7-27(30)31(40)41)19-23(18-20)37-32(42)36-21-9-11-24(12-10-21)39(15-13-33)16-14-34/h2-12,17-19H,13-16H2,1H3,(H,35,38)(H,40,41)(H2,36,37,42). The number of carbonyl (C=O) groups excluding carboxylic acids is 1. The molecule has 4 aromatic carbocycles. The first kappa shape index (κ1) is 29.0. The molecule has 0 atom stereocenters. The number of para-hydroxylation sites is 2. The topological polar surface area (TPSA) is 107 Å². The lowest BCUT2D eigenvalue weighted by Gasteiger charge is -2.23. The van der Waals surface area contributed by atoms with Crippen molar-refractivity contribution in [3.8, 4) is 0 Å². The predicted octanol–water partition coefficient (Wildman–Crippen LogP) is 8.07. The van der Waals surface area contributed by atoms with Gasteiger partial charge in [-0.05, 0) is 67.1 Å². The van der Waals surface area contributed by atoms with Crippen molar-refractivity contribution in [2.24, 2.45) is 0 Å². The molecule has 0 radical (unpaired) electrons. The van der Waals surface area contributed by atoms with Gasteiger partial charge in [-0.1, -0.05) is 30.3 Å². The first-order valence-corrected chi connectivity index (χ1v) is 14.4. The first-order valence-electron chi connectivity index (χ1n) is 13.3. The van der Waals surface area contributed by atoms with E-state index in [1.54, 1.807) is 12.1 Å². The van der Waals surface area contributed by atoms with Crippen LogP contribution in [0.2, 0.25) is 0 Å². The Morgan fingerprint density at radius 2 is 1.48 bits per heavy atom. The fourth-order valence-corrected chi connectivity index (χ4v) is 5.32. The van der Waals surface area contributed by atoms with E-state index in [2.05, 4.69) is 25.8 Å². The zero-order chi connectivity index (χ0) is 29.6. The number of aromatic carboxylic acids is 1. The number of pyridine rings is 1. The molecule has 1 heterocycles. The second-order valence-electron chi connectivity index (χ2n) is 9.71. The molecule has 5 rings (SSSR count). The maximum atomic E-state index is 12.9. The Kier molecular flexibility index (Phi) is 8.95. The number of nitrogens with zero attached hydrogens (tertiary/aromatic N) is 2. The van der Waals surface area contributed by atoms with E-state index >= 15 is 0 Å². The van der Waals surface area contributed by atoms with E-state index in [0.29, 0.717) is 52.6 Å². The van der Waals surface area contributed by atoms with E-state index < -0.39 is 5.97 Å². The quantitative estimate of drug-likeness (QED) is 0.0952. The summed E-state index contributed by atoms with van der Waals surface area (Å²) >= 11 is 11.8. The number of hydrogen-bond acceptors (Lipinski definition) is 5. The summed E-state index contributed by atoms with van der Waals surface area (Å²) in [5.74, 6) is -0.0624. The van der Waals surface area contributed by atoms with Gasteiger partial charge in [-0.25, -0.2) is 14.6 Å². The molecule has 4 N–H and O–H groups in total. The number of hydrogen-bond donors (Lipinski definition) is 4. The van der Waals surface area contributed by atoms with Gasteiger partial charge in [-0.2, -0.15) is 0 Å². The van der Waals surface area contributed by atoms with Crippen molar-refractivity contribution in [1.29, 1.82) is 0 Å². The first-order chi connectivity index (χ1) is 20.4. The van der Waals surface area contributed by atoms with Gasteiger partial charge in [-0.3, -0.25) is 0 Å². The summed E-state index contributed by atoms with van der Waals surface area (Å²) in [7, 11) is 0. The van der Waals surface area contributed by atoms with Gasteiger partial charge < -0.3 is 26.0 Å². The molecule has 0 aliphatic rings. The highest BCUT2D eigenvalue weighted by Gasteiger charge is 2.16. The van der Waals surface area contributed by atoms with Crippen LogP contribution in [0.25, 0.3) is 21.8 Å². The number of halogens is 2. The third-order valence-electron chi connectivity index (χ3n) is 6.75. The molecule has 8 nitrogen and oxygen atoms in total. The van der Waals surface area contributed by atoms with Crippen molar-refractivity contribution >= 4 is 85.4 Å².